The second-order valence-corrected chi connectivity index (χ2v) is 5.06. The second kappa shape index (κ2) is 6.97. The summed E-state index contributed by atoms with van der Waals surface area (Å²) in [4.78, 5) is 16.1. The topological polar surface area (TPSA) is 32.8 Å². The summed E-state index contributed by atoms with van der Waals surface area (Å²) in [5.74, 6) is -0.0835. The summed E-state index contributed by atoms with van der Waals surface area (Å²) in [5, 5.41) is 0. The molecular formula is C13H26N2O2. The molecule has 100 valence electrons. The Balaban J connectivity index is 2.35. The zero-order valence-electron chi connectivity index (χ0n) is 11.6. The molecule has 4 heteroatoms. The van der Waals surface area contributed by atoms with Crippen molar-refractivity contribution in [1.29, 1.82) is 0 Å². The van der Waals surface area contributed by atoms with Crippen LogP contribution in [0.2, 0.25) is 0 Å². The largest absolute Gasteiger partial charge is 0.466 e. The number of ether oxygens (including phenoxy) is 1. The van der Waals surface area contributed by atoms with Crippen LogP contribution in [0.4, 0.5) is 0 Å². The third-order valence-electron chi connectivity index (χ3n) is 3.73. The highest BCUT2D eigenvalue weighted by Crippen LogP contribution is 2.17. The van der Waals surface area contributed by atoms with Crippen molar-refractivity contribution in [3.63, 3.8) is 0 Å². The minimum Gasteiger partial charge on any atom is -0.466 e. The quantitative estimate of drug-likeness (QED) is 0.681. The molecule has 1 aliphatic heterocycles. The van der Waals surface area contributed by atoms with Gasteiger partial charge in [0.15, 0.2) is 0 Å². The summed E-state index contributed by atoms with van der Waals surface area (Å²) < 4.78 is 4.99. The van der Waals surface area contributed by atoms with Crippen LogP contribution in [0.1, 0.15) is 33.1 Å². The van der Waals surface area contributed by atoms with E-state index in [0.29, 0.717) is 19.1 Å². The lowest BCUT2D eigenvalue weighted by Gasteiger charge is -2.38. The van der Waals surface area contributed by atoms with Gasteiger partial charge in [-0.1, -0.05) is 0 Å². The average Bonchev–Trinajstić information content (AvgIpc) is 2.29. The molecule has 0 bridgehead atoms. The molecule has 4 nitrogen and oxygen atoms in total. The van der Waals surface area contributed by atoms with E-state index in [1.165, 1.54) is 12.8 Å². The fourth-order valence-electron chi connectivity index (χ4n) is 2.37. The number of carbonyl (C=O) groups is 1. The Morgan fingerprint density at radius 3 is 2.59 bits per heavy atom. The maximum atomic E-state index is 11.4. The lowest BCUT2D eigenvalue weighted by Crippen LogP contribution is -2.46. The number of nitrogens with zero attached hydrogens (tertiary/aromatic N) is 2. The fourth-order valence-corrected chi connectivity index (χ4v) is 2.37. The summed E-state index contributed by atoms with van der Waals surface area (Å²) in [6.07, 6.45) is 2.89. The SMILES string of the molecule is CCOC(=O)CC(C)N(C)C1CCN(C)CC1. The van der Waals surface area contributed by atoms with Crippen LogP contribution in [0.3, 0.4) is 0 Å². The minimum absolute atomic E-state index is 0.0835. The van der Waals surface area contributed by atoms with E-state index in [9.17, 15) is 4.79 Å². The van der Waals surface area contributed by atoms with Crippen molar-refractivity contribution in [1.82, 2.24) is 9.80 Å². The Hall–Kier alpha value is -0.610. The molecule has 1 unspecified atom stereocenters. The molecule has 17 heavy (non-hydrogen) atoms. The van der Waals surface area contributed by atoms with Gasteiger partial charge in [0.2, 0.25) is 0 Å². The second-order valence-electron chi connectivity index (χ2n) is 5.06. The first-order valence-electron chi connectivity index (χ1n) is 6.60. The lowest BCUT2D eigenvalue weighted by atomic mass is 10.0. The number of hydrogen-bond acceptors (Lipinski definition) is 4. The van der Waals surface area contributed by atoms with E-state index in [1.54, 1.807) is 0 Å². The van der Waals surface area contributed by atoms with E-state index in [-0.39, 0.29) is 12.0 Å². The molecule has 0 aromatic heterocycles. The van der Waals surface area contributed by atoms with Crippen molar-refractivity contribution < 1.29 is 9.53 Å². The van der Waals surface area contributed by atoms with Gasteiger partial charge in [0.25, 0.3) is 0 Å². The van der Waals surface area contributed by atoms with Crippen LogP contribution in [0.15, 0.2) is 0 Å². The standard InChI is InChI=1S/C13H26N2O2/c1-5-17-13(16)10-11(2)15(4)12-6-8-14(3)9-7-12/h11-12H,5-10H2,1-4H3. The van der Waals surface area contributed by atoms with Gasteiger partial charge in [-0.15, -0.1) is 0 Å². The van der Waals surface area contributed by atoms with Gasteiger partial charge in [0.1, 0.15) is 0 Å². The Labute approximate surface area is 105 Å². The molecule has 1 rings (SSSR count). The molecule has 0 aliphatic carbocycles. The zero-order valence-corrected chi connectivity index (χ0v) is 11.6. The monoisotopic (exact) mass is 242 g/mol. The van der Waals surface area contributed by atoms with Crippen LogP contribution in [-0.2, 0) is 9.53 Å². The molecule has 0 amide bonds. The fraction of sp³-hybridized carbons (Fsp3) is 0.923. The van der Waals surface area contributed by atoms with Crippen molar-refractivity contribution in [2.24, 2.45) is 0 Å². The Morgan fingerprint density at radius 2 is 2.06 bits per heavy atom. The molecule has 0 N–H and O–H groups in total. The number of piperidine rings is 1. The smallest absolute Gasteiger partial charge is 0.307 e. The maximum Gasteiger partial charge on any atom is 0.307 e. The zero-order chi connectivity index (χ0) is 12.8. The molecule has 0 aromatic carbocycles. The highest BCUT2D eigenvalue weighted by Gasteiger charge is 2.25. The van der Waals surface area contributed by atoms with E-state index in [0.717, 1.165) is 13.1 Å². The number of carbonyl (C=O) groups excluding carboxylic acids is 1. The van der Waals surface area contributed by atoms with E-state index in [2.05, 4.69) is 30.8 Å². The van der Waals surface area contributed by atoms with Gasteiger partial charge < -0.3 is 14.5 Å². The van der Waals surface area contributed by atoms with Gasteiger partial charge in [-0.05, 0) is 53.9 Å². The van der Waals surface area contributed by atoms with Gasteiger partial charge in [-0.3, -0.25) is 4.79 Å². The Bertz CT molecular complexity index is 238. The van der Waals surface area contributed by atoms with Crippen molar-refractivity contribution in [3.05, 3.63) is 0 Å². The molecule has 1 fully saturated rings. The molecule has 0 spiro atoms. The Morgan fingerprint density at radius 1 is 1.47 bits per heavy atom. The van der Waals surface area contributed by atoms with Crippen LogP contribution in [0.25, 0.3) is 0 Å². The van der Waals surface area contributed by atoms with Gasteiger partial charge >= 0.3 is 5.97 Å². The highest BCUT2D eigenvalue weighted by molar-refractivity contribution is 5.70. The van der Waals surface area contributed by atoms with Gasteiger partial charge in [0.05, 0.1) is 13.0 Å². The molecule has 1 atom stereocenters. The molecule has 1 saturated heterocycles. The molecule has 0 aromatic rings. The van der Waals surface area contributed by atoms with Crippen LogP contribution < -0.4 is 0 Å². The highest BCUT2D eigenvalue weighted by atomic mass is 16.5. The lowest BCUT2D eigenvalue weighted by molar-refractivity contribution is -0.144. The van der Waals surface area contributed by atoms with Crippen LogP contribution >= 0.6 is 0 Å². The van der Waals surface area contributed by atoms with Crippen molar-refractivity contribution >= 4 is 5.97 Å². The van der Waals surface area contributed by atoms with Crippen LogP contribution in [0, 0.1) is 0 Å². The van der Waals surface area contributed by atoms with Crippen molar-refractivity contribution in [2.45, 2.75) is 45.2 Å². The van der Waals surface area contributed by atoms with Crippen LogP contribution in [-0.4, -0.2) is 61.6 Å². The van der Waals surface area contributed by atoms with Crippen LogP contribution in [0.5, 0.6) is 0 Å². The predicted molar refractivity (Wildman–Crippen MR) is 69.0 cm³/mol. The summed E-state index contributed by atoms with van der Waals surface area (Å²) in [5.41, 5.74) is 0. The molecular weight excluding hydrogens is 216 g/mol. The summed E-state index contributed by atoms with van der Waals surface area (Å²) in [6.45, 7) is 6.74. The van der Waals surface area contributed by atoms with E-state index < -0.39 is 0 Å². The number of likely N-dealkylation sites (tertiary alicyclic amines) is 1. The minimum atomic E-state index is -0.0835. The van der Waals surface area contributed by atoms with Gasteiger partial charge in [-0.25, -0.2) is 0 Å². The van der Waals surface area contributed by atoms with Crippen molar-refractivity contribution in [3.8, 4) is 0 Å². The molecule has 0 radical (unpaired) electrons. The van der Waals surface area contributed by atoms with Crippen molar-refractivity contribution in [2.75, 3.05) is 33.8 Å². The summed E-state index contributed by atoms with van der Waals surface area (Å²) in [7, 11) is 4.29. The average molecular weight is 242 g/mol. The normalized spacial score (nSPS) is 20.5. The molecule has 1 heterocycles. The first-order chi connectivity index (χ1) is 8.04. The molecule has 0 saturated carbocycles. The first kappa shape index (κ1) is 14.5. The third-order valence-corrected chi connectivity index (χ3v) is 3.73. The van der Waals surface area contributed by atoms with E-state index in [4.69, 9.17) is 4.74 Å². The number of hydrogen-bond donors (Lipinski definition) is 0. The van der Waals surface area contributed by atoms with E-state index >= 15 is 0 Å². The van der Waals surface area contributed by atoms with E-state index in [1.807, 2.05) is 6.92 Å². The number of rotatable bonds is 5. The van der Waals surface area contributed by atoms with Gasteiger partial charge in [-0.2, -0.15) is 0 Å². The maximum absolute atomic E-state index is 11.4. The summed E-state index contributed by atoms with van der Waals surface area (Å²) in [6, 6.07) is 0.873. The summed E-state index contributed by atoms with van der Waals surface area (Å²) >= 11 is 0. The van der Waals surface area contributed by atoms with Gasteiger partial charge in [0, 0.05) is 12.1 Å². The first-order valence-corrected chi connectivity index (χ1v) is 6.60. The third kappa shape index (κ3) is 4.64. The number of esters is 1. The molecule has 1 aliphatic rings. The Kier molecular flexibility index (Phi) is 5.92. The predicted octanol–water partition coefficient (Wildman–Crippen LogP) is 1.35.